The van der Waals surface area contributed by atoms with Crippen LogP contribution in [-0.2, 0) is 20.7 Å². The number of ether oxygens (including phenoxy) is 1. The van der Waals surface area contributed by atoms with Gasteiger partial charge in [-0.25, -0.2) is 4.98 Å². The molecular weight excluding hydrogens is 320 g/mol. The number of thiophene rings is 1. The Labute approximate surface area is 137 Å². The Bertz CT molecular complexity index is 642. The summed E-state index contributed by atoms with van der Waals surface area (Å²) in [5.74, 6) is -0.759. The third kappa shape index (κ3) is 5.23. The van der Waals surface area contributed by atoms with Gasteiger partial charge in [0.2, 0.25) is 0 Å². The van der Waals surface area contributed by atoms with E-state index in [1.165, 1.54) is 11.3 Å². The summed E-state index contributed by atoms with van der Waals surface area (Å²) in [7, 11) is 0. The molecule has 22 heavy (non-hydrogen) atoms. The van der Waals surface area contributed by atoms with Crippen molar-refractivity contribution in [2.24, 2.45) is 0 Å². The summed E-state index contributed by atoms with van der Waals surface area (Å²) >= 11 is 3.10. The third-order valence-electron chi connectivity index (χ3n) is 2.49. The third-order valence-corrected chi connectivity index (χ3v) is 4.42. The average Bonchev–Trinajstić information content (AvgIpc) is 3.04. The molecule has 2 aromatic heterocycles. The van der Waals surface area contributed by atoms with Gasteiger partial charge in [0.25, 0.3) is 5.91 Å². The average molecular weight is 338 g/mol. The van der Waals surface area contributed by atoms with Crippen LogP contribution in [0.1, 0.15) is 26.5 Å². The van der Waals surface area contributed by atoms with Crippen molar-refractivity contribution in [1.82, 2.24) is 10.3 Å². The molecule has 5 nitrogen and oxygen atoms in total. The standard InChI is InChI=1S/C15H18N2O3S2/c1-15(2,3)17-12(18)8-20-13(19)7-10-9-22-14(16-10)11-5-4-6-21-11/h4-6,9H,7-8H2,1-3H3,(H,17,18). The maximum Gasteiger partial charge on any atom is 0.312 e. The van der Waals surface area contributed by atoms with Crippen LogP contribution in [0.3, 0.4) is 0 Å². The van der Waals surface area contributed by atoms with E-state index >= 15 is 0 Å². The minimum absolute atomic E-state index is 0.0741. The van der Waals surface area contributed by atoms with E-state index in [4.69, 9.17) is 4.74 Å². The molecule has 0 fully saturated rings. The molecule has 0 aliphatic heterocycles. The van der Waals surface area contributed by atoms with Crippen LogP contribution in [0.2, 0.25) is 0 Å². The number of hydrogen-bond donors (Lipinski definition) is 1. The van der Waals surface area contributed by atoms with Crippen LogP contribution in [-0.4, -0.2) is 29.0 Å². The minimum atomic E-state index is -0.452. The highest BCUT2D eigenvalue weighted by Crippen LogP contribution is 2.27. The molecule has 0 radical (unpaired) electrons. The Kier molecular flexibility index (Phi) is 5.31. The topological polar surface area (TPSA) is 68.3 Å². The van der Waals surface area contributed by atoms with Gasteiger partial charge in [-0.15, -0.1) is 22.7 Å². The summed E-state index contributed by atoms with van der Waals surface area (Å²) in [6, 6.07) is 3.95. The zero-order valence-electron chi connectivity index (χ0n) is 12.7. The van der Waals surface area contributed by atoms with Crippen molar-refractivity contribution < 1.29 is 14.3 Å². The summed E-state index contributed by atoms with van der Waals surface area (Å²) in [6.45, 7) is 5.34. The fraction of sp³-hybridized carbons (Fsp3) is 0.400. The number of amides is 1. The van der Waals surface area contributed by atoms with Crippen LogP contribution in [0.25, 0.3) is 9.88 Å². The van der Waals surface area contributed by atoms with E-state index in [0.29, 0.717) is 5.69 Å². The van der Waals surface area contributed by atoms with E-state index in [9.17, 15) is 9.59 Å². The molecular formula is C15H18N2O3S2. The Morgan fingerprint density at radius 3 is 2.73 bits per heavy atom. The lowest BCUT2D eigenvalue weighted by molar-refractivity contribution is -0.148. The van der Waals surface area contributed by atoms with Gasteiger partial charge in [-0.3, -0.25) is 9.59 Å². The van der Waals surface area contributed by atoms with E-state index in [0.717, 1.165) is 9.88 Å². The van der Waals surface area contributed by atoms with Crippen LogP contribution in [0.5, 0.6) is 0 Å². The van der Waals surface area contributed by atoms with Crippen molar-refractivity contribution in [3.63, 3.8) is 0 Å². The fourth-order valence-electron chi connectivity index (χ4n) is 1.70. The van der Waals surface area contributed by atoms with E-state index in [2.05, 4.69) is 10.3 Å². The Morgan fingerprint density at radius 1 is 1.32 bits per heavy atom. The van der Waals surface area contributed by atoms with Gasteiger partial charge in [0.1, 0.15) is 5.01 Å². The number of carbonyl (C=O) groups is 2. The number of thiazole rings is 1. The van der Waals surface area contributed by atoms with Gasteiger partial charge in [-0.1, -0.05) is 6.07 Å². The number of nitrogens with one attached hydrogen (secondary N) is 1. The lowest BCUT2D eigenvalue weighted by Gasteiger charge is -2.20. The van der Waals surface area contributed by atoms with Crippen molar-refractivity contribution in [2.75, 3.05) is 6.61 Å². The first-order chi connectivity index (χ1) is 10.3. The van der Waals surface area contributed by atoms with Gasteiger partial charge in [0.05, 0.1) is 17.0 Å². The second-order valence-corrected chi connectivity index (χ2v) is 7.56. The SMILES string of the molecule is CC(C)(C)NC(=O)COC(=O)Cc1csc(-c2cccs2)n1. The predicted octanol–water partition coefficient (Wildman–Crippen LogP) is 2.87. The van der Waals surface area contributed by atoms with Crippen LogP contribution in [0.15, 0.2) is 22.9 Å². The highest BCUT2D eigenvalue weighted by molar-refractivity contribution is 7.20. The van der Waals surface area contributed by atoms with Crippen molar-refractivity contribution in [1.29, 1.82) is 0 Å². The first-order valence-corrected chi connectivity index (χ1v) is 8.54. The van der Waals surface area contributed by atoms with Crippen molar-refractivity contribution in [3.8, 4) is 9.88 Å². The van der Waals surface area contributed by atoms with Gasteiger partial charge in [0, 0.05) is 10.9 Å². The Balaban J connectivity index is 1.81. The molecule has 118 valence electrons. The number of carbonyl (C=O) groups excluding carboxylic acids is 2. The van der Waals surface area contributed by atoms with Crippen LogP contribution in [0.4, 0.5) is 0 Å². The minimum Gasteiger partial charge on any atom is -0.455 e. The van der Waals surface area contributed by atoms with Gasteiger partial charge < -0.3 is 10.1 Å². The number of nitrogens with zero attached hydrogens (tertiary/aromatic N) is 1. The number of aromatic nitrogens is 1. The lowest BCUT2D eigenvalue weighted by Crippen LogP contribution is -2.42. The maximum atomic E-state index is 11.7. The highest BCUT2D eigenvalue weighted by Gasteiger charge is 2.16. The number of hydrogen-bond acceptors (Lipinski definition) is 6. The Morgan fingerprint density at radius 2 is 2.09 bits per heavy atom. The lowest BCUT2D eigenvalue weighted by atomic mass is 10.1. The van der Waals surface area contributed by atoms with E-state index < -0.39 is 5.97 Å². The molecule has 7 heteroatoms. The smallest absolute Gasteiger partial charge is 0.312 e. The molecule has 0 unspecified atom stereocenters. The van der Waals surface area contributed by atoms with Gasteiger partial charge in [-0.2, -0.15) is 0 Å². The van der Waals surface area contributed by atoms with Gasteiger partial charge in [-0.05, 0) is 32.2 Å². The summed E-state index contributed by atoms with van der Waals surface area (Å²) in [5, 5.41) is 7.45. The van der Waals surface area contributed by atoms with E-state index in [-0.39, 0.29) is 24.5 Å². The Hall–Kier alpha value is -1.73. The molecule has 0 aliphatic carbocycles. The van der Waals surface area contributed by atoms with E-state index in [1.807, 2.05) is 43.7 Å². The molecule has 2 rings (SSSR count). The summed E-state index contributed by atoms with van der Waals surface area (Å²) in [4.78, 5) is 28.8. The first kappa shape index (κ1) is 16.6. The molecule has 1 amide bonds. The van der Waals surface area contributed by atoms with Crippen molar-refractivity contribution >= 4 is 34.6 Å². The van der Waals surface area contributed by atoms with Crippen molar-refractivity contribution in [3.05, 3.63) is 28.6 Å². The molecule has 2 aromatic rings. The second kappa shape index (κ2) is 7.02. The van der Waals surface area contributed by atoms with Gasteiger partial charge in [0.15, 0.2) is 6.61 Å². The molecule has 0 spiro atoms. The molecule has 0 atom stereocenters. The molecule has 2 heterocycles. The van der Waals surface area contributed by atoms with Crippen LogP contribution in [0, 0.1) is 0 Å². The van der Waals surface area contributed by atoms with Crippen LogP contribution < -0.4 is 5.32 Å². The molecule has 0 aromatic carbocycles. The highest BCUT2D eigenvalue weighted by atomic mass is 32.1. The zero-order chi connectivity index (χ0) is 16.2. The summed E-state index contributed by atoms with van der Waals surface area (Å²) < 4.78 is 4.97. The quantitative estimate of drug-likeness (QED) is 0.851. The first-order valence-electron chi connectivity index (χ1n) is 6.78. The molecule has 1 N–H and O–H groups in total. The van der Waals surface area contributed by atoms with Crippen molar-refractivity contribution in [2.45, 2.75) is 32.7 Å². The molecule has 0 saturated heterocycles. The molecule has 0 saturated carbocycles. The monoisotopic (exact) mass is 338 g/mol. The van der Waals surface area contributed by atoms with Gasteiger partial charge >= 0.3 is 5.97 Å². The van der Waals surface area contributed by atoms with Crippen LogP contribution >= 0.6 is 22.7 Å². The largest absolute Gasteiger partial charge is 0.455 e. The van der Waals surface area contributed by atoms with E-state index in [1.54, 1.807) is 11.3 Å². The zero-order valence-corrected chi connectivity index (χ0v) is 14.3. The fourth-order valence-corrected chi connectivity index (χ4v) is 3.33. The summed E-state index contributed by atoms with van der Waals surface area (Å²) in [5.41, 5.74) is 0.322. The number of esters is 1. The molecule has 0 bridgehead atoms. The maximum absolute atomic E-state index is 11.7. The predicted molar refractivity (Wildman–Crippen MR) is 88.0 cm³/mol. The second-order valence-electron chi connectivity index (χ2n) is 5.76. The summed E-state index contributed by atoms with van der Waals surface area (Å²) in [6.07, 6.45) is 0.0741. The molecule has 0 aliphatic rings. The normalized spacial score (nSPS) is 11.2. The number of rotatable bonds is 5.